The molecule has 1 N–H and O–H groups in total. The summed E-state index contributed by atoms with van der Waals surface area (Å²) in [7, 11) is 0. The molecule has 1 aromatic heterocycles. The molecule has 0 bridgehead atoms. The van der Waals surface area contributed by atoms with Crippen molar-refractivity contribution >= 4 is 11.6 Å². The van der Waals surface area contributed by atoms with Crippen molar-refractivity contribution in [3.63, 3.8) is 0 Å². The van der Waals surface area contributed by atoms with Crippen molar-refractivity contribution in [2.75, 3.05) is 5.32 Å². The van der Waals surface area contributed by atoms with Crippen LogP contribution in [0.1, 0.15) is 20.8 Å². The zero-order valence-electron chi connectivity index (χ0n) is 11.9. The van der Waals surface area contributed by atoms with Gasteiger partial charge in [0.2, 0.25) is 11.8 Å². The average molecular weight is 270 g/mol. The molecule has 0 saturated heterocycles. The number of hydrogen-bond donors (Lipinski definition) is 1. The van der Waals surface area contributed by atoms with Gasteiger partial charge < -0.3 is 10.1 Å². The van der Waals surface area contributed by atoms with Crippen molar-refractivity contribution < 1.29 is 9.53 Å². The molecule has 2 aromatic rings. The SMILES string of the molecule is CC(C)(C)C(=O)Nc1cccnc1Oc1ccccc1. The molecular weight excluding hydrogens is 252 g/mol. The minimum absolute atomic E-state index is 0.0802. The second kappa shape index (κ2) is 5.74. The molecule has 0 aliphatic heterocycles. The summed E-state index contributed by atoms with van der Waals surface area (Å²) in [6.07, 6.45) is 1.63. The molecular formula is C16H18N2O2. The molecule has 4 heteroatoms. The number of aromatic nitrogens is 1. The first kappa shape index (κ1) is 14.1. The number of nitrogens with zero attached hydrogens (tertiary/aromatic N) is 1. The Morgan fingerprint density at radius 3 is 2.45 bits per heavy atom. The number of carbonyl (C=O) groups is 1. The van der Waals surface area contributed by atoms with Gasteiger partial charge in [-0.3, -0.25) is 4.79 Å². The second-order valence-electron chi connectivity index (χ2n) is 5.48. The van der Waals surface area contributed by atoms with E-state index >= 15 is 0 Å². The van der Waals surface area contributed by atoms with Gasteiger partial charge in [-0.1, -0.05) is 39.0 Å². The monoisotopic (exact) mass is 270 g/mol. The van der Waals surface area contributed by atoms with Gasteiger partial charge in [-0.05, 0) is 24.3 Å². The molecule has 1 amide bonds. The maximum absolute atomic E-state index is 12.0. The number of hydrogen-bond acceptors (Lipinski definition) is 3. The number of benzene rings is 1. The Bertz CT molecular complexity index is 589. The molecule has 20 heavy (non-hydrogen) atoms. The third-order valence-electron chi connectivity index (χ3n) is 2.66. The number of carbonyl (C=O) groups excluding carboxylic acids is 1. The van der Waals surface area contributed by atoms with E-state index in [1.807, 2.05) is 51.1 Å². The van der Waals surface area contributed by atoms with Crippen molar-refractivity contribution in [3.8, 4) is 11.6 Å². The summed E-state index contributed by atoms with van der Waals surface area (Å²) in [6, 6.07) is 12.9. The van der Waals surface area contributed by atoms with Crippen LogP contribution in [-0.2, 0) is 4.79 Å². The van der Waals surface area contributed by atoms with Crippen molar-refractivity contribution in [1.82, 2.24) is 4.98 Å². The highest BCUT2D eigenvalue weighted by Gasteiger charge is 2.22. The summed E-state index contributed by atoms with van der Waals surface area (Å²) < 4.78 is 5.70. The highest BCUT2D eigenvalue weighted by molar-refractivity contribution is 5.95. The van der Waals surface area contributed by atoms with Crippen molar-refractivity contribution in [2.45, 2.75) is 20.8 Å². The number of anilines is 1. The van der Waals surface area contributed by atoms with E-state index in [1.165, 1.54) is 0 Å². The molecule has 2 rings (SSSR count). The molecule has 0 atom stereocenters. The van der Waals surface area contributed by atoms with E-state index in [-0.39, 0.29) is 5.91 Å². The van der Waals surface area contributed by atoms with E-state index in [0.29, 0.717) is 17.3 Å². The predicted octanol–water partition coefficient (Wildman–Crippen LogP) is 3.86. The summed E-state index contributed by atoms with van der Waals surface area (Å²) in [4.78, 5) is 16.2. The van der Waals surface area contributed by atoms with Crippen molar-refractivity contribution in [3.05, 3.63) is 48.7 Å². The Balaban J connectivity index is 2.21. The lowest BCUT2D eigenvalue weighted by Crippen LogP contribution is -2.27. The van der Waals surface area contributed by atoms with Crippen LogP contribution >= 0.6 is 0 Å². The van der Waals surface area contributed by atoms with Crippen LogP contribution in [0.15, 0.2) is 48.7 Å². The van der Waals surface area contributed by atoms with Gasteiger partial charge in [-0.25, -0.2) is 4.98 Å². The van der Waals surface area contributed by atoms with E-state index < -0.39 is 5.41 Å². The Morgan fingerprint density at radius 1 is 1.10 bits per heavy atom. The Hall–Kier alpha value is -2.36. The molecule has 104 valence electrons. The normalized spacial score (nSPS) is 10.9. The van der Waals surface area contributed by atoms with Crippen LogP contribution < -0.4 is 10.1 Å². The maximum atomic E-state index is 12.0. The molecule has 1 heterocycles. The predicted molar refractivity (Wildman–Crippen MR) is 78.8 cm³/mol. The van der Waals surface area contributed by atoms with Gasteiger partial charge in [0, 0.05) is 11.6 Å². The minimum atomic E-state index is -0.472. The maximum Gasteiger partial charge on any atom is 0.243 e. The van der Waals surface area contributed by atoms with Crippen molar-refractivity contribution in [2.24, 2.45) is 5.41 Å². The largest absolute Gasteiger partial charge is 0.437 e. The highest BCUT2D eigenvalue weighted by atomic mass is 16.5. The fourth-order valence-electron chi connectivity index (χ4n) is 1.48. The standard InChI is InChI=1S/C16H18N2O2/c1-16(2,3)15(19)18-13-10-7-11-17-14(13)20-12-8-5-4-6-9-12/h4-11H,1-3H3,(H,18,19). The van der Waals surface area contributed by atoms with E-state index in [0.717, 1.165) is 0 Å². The Labute approximate surface area is 118 Å². The Morgan fingerprint density at radius 2 is 1.80 bits per heavy atom. The molecule has 0 saturated carbocycles. The van der Waals surface area contributed by atoms with Crippen molar-refractivity contribution in [1.29, 1.82) is 0 Å². The number of rotatable bonds is 3. The third-order valence-corrected chi connectivity index (χ3v) is 2.66. The molecule has 0 fully saturated rings. The lowest BCUT2D eigenvalue weighted by molar-refractivity contribution is -0.123. The first-order valence-corrected chi connectivity index (χ1v) is 6.46. The van der Waals surface area contributed by atoms with Gasteiger partial charge in [0.1, 0.15) is 11.4 Å². The van der Waals surface area contributed by atoms with Crippen LogP contribution in [0.3, 0.4) is 0 Å². The first-order chi connectivity index (χ1) is 9.47. The van der Waals surface area contributed by atoms with Crippen LogP contribution in [0, 0.1) is 5.41 Å². The average Bonchev–Trinajstić information content (AvgIpc) is 2.41. The van der Waals surface area contributed by atoms with Gasteiger partial charge in [-0.15, -0.1) is 0 Å². The number of para-hydroxylation sites is 1. The minimum Gasteiger partial charge on any atom is -0.437 e. The van der Waals surface area contributed by atoms with Gasteiger partial charge in [-0.2, -0.15) is 0 Å². The second-order valence-corrected chi connectivity index (χ2v) is 5.48. The fraction of sp³-hybridized carbons (Fsp3) is 0.250. The summed E-state index contributed by atoms with van der Waals surface area (Å²) in [5, 5.41) is 2.84. The summed E-state index contributed by atoms with van der Waals surface area (Å²) >= 11 is 0. The van der Waals surface area contributed by atoms with Crippen LogP contribution in [0.25, 0.3) is 0 Å². The summed E-state index contributed by atoms with van der Waals surface area (Å²) in [6.45, 7) is 5.57. The number of pyridine rings is 1. The summed E-state index contributed by atoms with van der Waals surface area (Å²) in [5.74, 6) is 0.983. The van der Waals surface area contributed by atoms with Crippen LogP contribution in [0.4, 0.5) is 5.69 Å². The molecule has 0 spiro atoms. The zero-order chi connectivity index (χ0) is 14.6. The molecule has 0 unspecified atom stereocenters. The van der Waals surface area contributed by atoms with E-state index in [2.05, 4.69) is 10.3 Å². The number of amides is 1. The fourth-order valence-corrected chi connectivity index (χ4v) is 1.48. The first-order valence-electron chi connectivity index (χ1n) is 6.46. The molecule has 0 aliphatic rings. The molecule has 4 nitrogen and oxygen atoms in total. The highest BCUT2D eigenvalue weighted by Crippen LogP contribution is 2.28. The molecule has 0 radical (unpaired) electrons. The van der Waals surface area contributed by atoms with Gasteiger partial charge in [0.05, 0.1) is 0 Å². The Kier molecular flexibility index (Phi) is 4.03. The van der Waals surface area contributed by atoms with E-state index in [1.54, 1.807) is 18.3 Å². The van der Waals surface area contributed by atoms with Crippen LogP contribution in [0.2, 0.25) is 0 Å². The van der Waals surface area contributed by atoms with Gasteiger partial charge in [0.15, 0.2) is 0 Å². The van der Waals surface area contributed by atoms with E-state index in [4.69, 9.17) is 4.74 Å². The molecule has 0 aliphatic carbocycles. The number of nitrogens with one attached hydrogen (secondary N) is 1. The lowest BCUT2D eigenvalue weighted by atomic mass is 9.95. The third kappa shape index (κ3) is 3.57. The number of ether oxygens (including phenoxy) is 1. The zero-order valence-corrected chi connectivity index (χ0v) is 11.9. The van der Waals surface area contributed by atoms with Gasteiger partial charge in [0.25, 0.3) is 0 Å². The molecule has 1 aromatic carbocycles. The van der Waals surface area contributed by atoms with E-state index in [9.17, 15) is 4.79 Å². The quantitative estimate of drug-likeness (QED) is 0.921. The van der Waals surface area contributed by atoms with Crippen LogP contribution in [0.5, 0.6) is 11.6 Å². The van der Waals surface area contributed by atoms with Crippen LogP contribution in [-0.4, -0.2) is 10.9 Å². The lowest BCUT2D eigenvalue weighted by Gasteiger charge is -2.18. The van der Waals surface area contributed by atoms with Gasteiger partial charge >= 0.3 is 0 Å². The topological polar surface area (TPSA) is 51.2 Å². The summed E-state index contributed by atoms with van der Waals surface area (Å²) in [5.41, 5.74) is 0.0936. The smallest absolute Gasteiger partial charge is 0.243 e.